The van der Waals surface area contributed by atoms with Crippen LogP contribution in [0, 0.1) is 20.8 Å². The third-order valence-electron chi connectivity index (χ3n) is 11.8. The van der Waals surface area contributed by atoms with E-state index in [4.69, 9.17) is 0 Å². The van der Waals surface area contributed by atoms with Crippen molar-refractivity contribution in [2.24, 2.45) is 0 Å². The Hall–Kier alpha value is -6.38. The van der Waals surface area contributed by atoms with Gasteiger partial charge in [0.1, 0.15) is 0 Å². The number of rotatable bonds is 8. The average Bonchev–Trinajstić information content (AvgIpc) is 3.23. The molecule has 8 aromatic rings. The molecular weight excluding hydrogens is 689 g/mol. The van der Waals surface area contributed by atoms with Crippen LogP contribution in [0.1, 0.15) is 60.4 Å². The molecule has 9 rings (SSSR count). The molecule has 1 aliphatic carbocycles. The summed E-state index contributed by atoms with van der Waals surface area (Å²) in [5.41, 5.74) is 14.8. The summed E-state index contributed by atoms with van der Waals surface area (Å²) in [7, 11) is 0. The smallest absolute Gasteiger partial charge is 0.0618 e. The first-order valence-electron chi connectivity index (χ1n) is 20.4. The molecule has 8 aromatic carbocycles. The molecule has 0 saturated carbocycles. The Bertz CT molecular complexity index is 2770. The van der Waals surface area contributed by atoms with Crippen molar-refractivity contribution < 1.29 is 0 Å². The number of anilines is 4. The zero-order valence-corrected chi connectivity index (χ0v) is 33.8. The fourth-order valence-corrected chi connectivity index (χ4v) is 8.72. The lowest BCUT2D eigenvalue weighted by Crippen LogP contribution is -2.27. The van der Waals surface area contributed by atoms with Gasteiger partial charge in [-0.25, -0.2) is 0 Å². The van der Waals surface area contributed by atoms with Gasteiger partial charge in [0.15, 0.2) is 0 Å². The van der Waals surface area contributed by atoms with Crippen molar-refractivity contribution in [3.05, 3.63) is 203 Å². The van der Waals surface area contributed by atoms with Crippen LogP contribution in [0.5, 0.6) is 0 Å². The first-order valence-corrected chi connectivity index (χ1v) is 20.4. The van der Waals surface area contributed by atoms with Crippen LogP contribution < -0.4 is 10.2 Å². The summed E-state index contributed by atoms with van der Waals surface area (Å²) in [6.07, 6.45) is 7.13. The van der Waals surface area contributed by atoms with E-state index in [1.807, 2.05) is 0 Å². The number of allylic oxidation sites excluding steroid dienone is 2. The quantitative estimate of drug-likeness (QED) is 0.156. The summed E-state index contributed by atoms with van der Waals surface area (Å²) >= 11 is 0. The molecule has 0 spiro atoms. The van der Waals surface area contributed by atoms with Crippen LogP contribution in [-0.4, -0.2) is 6.04 Å². The van der Waals surface area contributed by atoms with Gasteiger partial charge in [0, 0.05) is 33.8 Å². The normalized spacial score (nSPS) is 15.4. The van der Waals surface area contributed by atoms with Gasteiger partial charge < -0.3 is 10.2 Å². The second kappa shape index (κ2) is 14.9. The molecule has 2 atom stereocenters. The molecule has 0 aromatic heterocycles. The zero-order chi connectivity index (χ0) is 39.2. The number of nitrogens with zero attached hydrogens (tertiary/aromatic N) is 1. The molecule has 0 bridgehead atoms. The fraction of sp³-hybridized carbons (Fsp3) is 0.164. The van der Waals surface area contributed by atoms with Crippen molar-refractivity contribution in [2.45, 2.75) is 59.4 Å². The highest BCUT2D eigenvalue weighted by Gasteiger charge is 2.30. The van der Waals surface area contributed by atoms with E-state index in [1.54, 1.807) is 0 Å². The van der Waals surface area contributed by atoms with Gasteiger partial charge >= 0.3 is 0 Å². The molecule has 0 saturated heterocycles. The summed E-state index contributed by atoms with van der Waals surface area (Å²) in [5, 5.41) is 11.5. The SMILES string of the molecule is CC1=CC(c2c3cc(-c4cccc5ccccc45)ccc3c(N(c3ccc(C)cc3)c3ccc(C)cc3)c3cc(C(C)C)ccc23)C(Nc2ccc(C)cc2)C=C1. The van der Waals surface area contributed by atoms with Crippen molar-refractivity contribution in [3.63, 3.8) is 0 Å². The highest BCUT2D eigenvalue weighted by Crippen LogP contribution is 2.50. The third kappa shape index (κ3) is 6.91. The molecule has 2 heteroatoms. The maximum absolute atomic E-state index is 3.96. The maximum Gasteiger partial charge on any atom is 0.0618 e. The minimum atomic E-state index is 0.0462. The molecule has 0 fully saturated rings. The van der Waals surface area contributed by atoms with Gasteiger partial charge in [0.2, 0.25) is 0 Å². The summed E-state index contributed by atoms with van der Waals surface area (Å²) in [6, 6.07) is 56.8. The summed E-state index contributed by atoms with van der Waals surface area (Å²) in [5.74, 6) is 0.438. The predicted molar refractivity (Wildman–Crippen MR) is 247 cm³/mol. The number of hydrogen-bond donors (Lipinski definition) is 1. The largest absolute Gasteiger partial charge is 0.378 e. The highest BCUT2D eigenvalue weighted by atomic mass is 15.1. The van der Waals surface area contributed by atoms with E-state index in [-0.39, 0.29) is 12.0 Å². The minimum absolute atomic E-state index is 0.0462. The predicted octanol–water partition coefficient (Wildman–Crippen LogP) is 15.4. The van der Waals surface area contributed by atoms with Crippen molar-refractivity contribution in [1.82, 2.24) is 0 Å². The van der Waals surface area contributed by atoms with Crippen LogP contribution >= 0.6 is 0 Å². The fourth-order valence-electron chi connectivity index (χ4n) is 8.72. The molecule has 0 aliphatic heterocycles. The van der Waals surface area contributed by atoms with E-state index in [0.29, 0.717) is 5.92 Å². The van der Waals surface area contributed by atoms with Crippen LogP contribution in [0.2, 0.25) is 0 Å². The minimum Gasteiger partial charge on any atom is -0.378 e. The Labute approximate surface area is 337 Å². The number of hydrogen-bond acceptors (Lipinski definition) is 2. The molecule has 0 amide bonds. The molecule has 1 aliphatic rings. The van der Waals surface area contributed by atoms with Gasteiger partial charge in [-0.05, 0) is 126 Å². The van der Waals surface area contributed by atoms with Crippen LogP contribution in [0.3, 0.4) is 0 Å². The third-order valence-corrected chi connectivity index (χ3v) is 11.8. The Kier molecular flexibility index (Phi) is 9.50. The summed E-state index contributed by atoms with van der Waals surface area (Å²) in [6.45, 7) is 13.3. The second-order valence-electron chi connectivity index (χ2n) is 16.3. The van der Waals surface area contributed by atoms with Gasteiger partial charge in [0.05, 0.1) is 11.7 Å². The van der Waals surface area contributed by atoms with E-state index in [1.165, 1.54) is 82.5 Å². The standard InChI is InChI=1S/C55H50N2/c1-35(2)41-21-29-48-51(33-41)55(57(44-25-16-37(4)17-26-44)45-27-18-38(5)19-28-45)49-30-22-42(47-13-9-11-40-10-7-8-12-46(40)47)34-50(49)54(48)52-32-39(6)20-31-53(52)56-43-23-14-36(3)15-24-43/h7-35,52-53,56H,1-6H3. The lowest BCUT2D eigenvalue weighted by Gasteiger charge is -2.33. The molecule has 57 heavy (non-hydrogen) atoms. The lowest BCUT2D eigenvalue weighted by atomic mass is 9.79. The van der Waals surface area contributed by atoms with Crippen LogP contribution in [-0.2, 0) is 0 Å². The number of nitrogens with one attached hydrogen (secondary N) is 1. The Morgan fingerprint density at radius 3 is 1.86 bits per heavy atom. The molecule has 280 valence electrons. The van der Waals surface area contributed by atoms with Gasteiger partial charge in [-0.3, -0.25) is 0 Å². The van der Waals surface area contributed by atoms with E-state index >= 15 is 0 Å². The molecule has 2 nitrogen and oxygen atoms in total. The van der Waals surface area contributed by atoms with Crippen LogP contribution in [0.25, 0.3) is 43.4 Å². The Morgan fingerprint density at radius 2 is 1.18 bits per heavy atom. The first kappa shape index (κ1) is 36.3. The van der Waals surface area contributed by atoms with Crippen LogP contribution in [0.4, 0.5) is 22.7 Å². The molecule has 1 N–H and O–H groups in total. The van der Waals surface area contributed by atoms with Crippen LogP contribution in [0.15, 0.2) is 175 Å². The topological polar surface area (TPSA) is 15.3 Å². The second-order valence-corrected chi connectivity index (χ2v) is 16.3. The number of fused-ring (bicyclic) bond motifs is 3. The molecular formula is C55H50N2. The van der Waals surface area contributed by atoms with Gasteiger partial charge in [0.25, 0.3) is 0 Å². The van der Waals surface area contributed by atoms with Gasteiger partial charge in [-0.1, -0.05) is 157 Å². The molecule has 0 radical (unpaired) electrons. The molecule has 0 heterocycles. The molecule has 2 unspecified atom stereocenters. The zero-order valence-electron chi connectivity index (χ0n) is 33.8. The van der Waals surface area contributed by atoms with Gasteiger partial charge in [-0.2, -0.15) is 0 Å². The highest BCUT2D eigenvalue weighted by molar-refractivity contribution is 6.18. The number of aryl methyl sites for hydroxylation is 3. The van der Waals surface area contributed by atoms with Crippen molar-refractivity contribution in [1.29, 1.82) is 0 Å². The lowest BCUT2D eigenvalue weighted by molar-refractivity contribution is 0.759. The van der Waals surface area contributed by atoms with E-state index in [9.17, 15) is 0 Å². The van der Waals surface area contributed by atoms with Crippen molar-refractivity contribution in [2.75, 3.05) is 10.2 Å². The average molecular weight is 739 g/mol. The van der Waals surface area contributed by atoms with E-state index in [0.717, 1.165) is 17.1 Å². The first-order chi connectivity index (χ1) is 27.7. The van der Waals surface area contributed by atoms with Crippen molar-refractivity contribution >= 4 is 55.1 Å². The Morgan fingerprint density at radius 1 is 0.544 bits per heavy atom. The number of benzene rings is 8. The Balaban J connectivity index is 1.41. The van der Waals surface area contributed by atoms with Crippen molar-refractivity contribution in [3.8, 4) is 11.1 Å². The monoisotopic (exact) mass is 738 g/mol. The van der Waals surface area contributed by atoms with E-state index in [2.05, 4.69) is 222 Å². The summed E-state index contributed by atoms with van der Waals surface area (Å²) in [4.78, 5) is 2.50. The van der Waals surface area contributed by atoms with E-state index < -0.39 is 0 Å². The maximum atomic E-state index is 3.96. The summed E-state index contributed by atoms with van der Waals surface area (Å²) < 4.78 is 0. The van der Waals surface area contributed by atoms with Gasteiger partial charge in [-0.15, -0.1) is 0 Å².